The number of aromatic nitrogens is 2. The van der Waals surface area contributed by atoms with E-state index in [1.54, 1.807) is 11.7 Å². The third-order valence-corrected chi connectivity index (χ3v) is 2.90. The number of guanidine groups is 1. The van der Waals surface area contributed by atoms with Gasteiger partial charge in [0.1, 0.15) is 6.10 Å². The molecule has 0 amide bonds. The van der Waals surface area contributed by atoms with Gasteiger partial charge in [0.05, 0.1) is 19.3 Å². The summed E-state index contributed by atoms with van der Waals surface area (Å²) < 4.78 is 7.57. The number of nitrogens with zero attached hydrogens (tertiary/aromatic N) is 4. The lowest BCUT2D eigenvalue weighted by Crippen LogP contribution is -2.47. The molecule has 0 aromatic carbocycles. The van der Waals surface area contributed by atoms with Gasteiger partial charge in [0.15, 0.2) is 5.96 Å². The minimum Gasteiger partial charge on any atom is -0.370 e. The molecule has 1 aromatic rings. The van der Waals surface area contributed by atoms with Crippen LogP contribution >= 0.6 is 24.0 Å². The van der Waals surface area contributed by atoms with Gasteiger partial charge in [0.2, 0.25) is 0 Å². The van der Waals surface area contributed by atoms with E-state index in [0.717, 1.165) is 24.6 Å². The number of hydrogen-bond acceptors (Lipinski definition) is 3. The highest BCUT2D eigenvalue weighted by atomic mass is 127. The fourth-order valence-electron chi connectivity index (χ4n) is 2.06. The fraction of sp³-hybridized carbons (Fsp3) is 0.636. The lowest BCUT2D eigenvalue weighted by atomic mass is 10.1. The van der Waals surface area contributed by atoms with E-state index in [0.29, 0.717) is 6.61 Å². The van der Waals surface area contributed by atoms with Crippen LogP contribution in [0.3, 0.4) is 0 Å². The summed E-state index contributed by atoms with van der Waals surface area (Å²) in [4.78, 5) is 6.41. The zero-order valence-electron chi connectivity index (χ0n) is 11.0. The van der Waals surface area contributed by atoms with Crippen molar-refractivity contribution in [2.45, 2.75) is 6.10 Å². The van der Waals surface area contributed by atoms with Gasteiger partial charge in [0, 0.05) is 39.4 Å². The first-order chi connectivity index (χ1) is 8.24. The van der Waals surface area contributed by atoms with Crippen molar-refractivity contribution in [3.8, 4) is 0 Å². The normalized spacial score (nSPS) is 20.5. The van der Waals surface area contributed by atoms with Crippen molar-refractivity contribution in [1.29, 1.82) is 0 Å². The third kappa shape index (κ3) is 3.35. The summed E-state index contributed by atoms with van der Waals surface area (Å²) in [6.07, 6.45) is 3.93. The highest BCUT2D eigenvalue weighted by Gasteiger charge is 2.24. The van der Waals surface area contributed by atoms with Crippen LogP contribution in [0, 0.1) is 0 Å². The molecule has 1 aromatic heterocycles. The lowest BCUT2D eigenvalue weighted by molar-refractivity contribution is -0.00788. The first-order valence-electron chi connectivity index (χ1n) is 5.74. The second-order valence-electron chi connectivity index (χ2n) is 4.05. The molecular weight excluding hydrogens is 345 g/mol. The average Bonchev–Trinajstić information content (AvgIpc) is 2.78. The minimum atomic E-state index is 0. The topological polar surface area (TPSA) is 54.7 Å². The van der Waals surface area contributed by atoms with Crippen molar-refractivity contribution in [2.75, 3.05) is 33.8 Å². The summed E-state index contributed by atoms with van der Waals surface area (Å²) in [7, 11) is 5.59. The maximum absolute atomic E-state index is 5.77. The third-order valence-electron chi connectivity index (χ3n) is 2.90. The van der Waals surface area contributed by atoms with Crippen LogP contribution in [0.4, 0.5) is 0 Å². The quantitative estimate of drug-likeness (QED) is 0.450. The molecule has 2 rings (SSSR count). The molecule has 0 radical (unpaired) electrons. The molecule has 1 fully saturated rings. The Morgan fingerprint density at radius 1 is 1.61 bits per heavy atom. The summed E-state index contributed by atoms with van der Waals surface area (Å²) >= 11 is 0. The average molecular weight is 365 g/mol. The lowest BCUT2D eigenvalue weighted by Gasteiger charge is -2.34. The molecule has 1 saturated heterocycles. The molecule has 1 atom stereocenters. The van der Waals surface area contributed by atoms with Crippen molar-refractivity contribution >= 4 is 29.9 Å². The SMILES string of the molecule is CN=C(NC)N1CCOC(c2cnn(C)c2)C1.I. The van der Waals surface area contributed by atoms with Crippen LogP contribution in [0.15, 0.2) is 17.4 Å². The van der Waals surface area contributed by atoms with Gasteiger partial charge in [-0.3, -0.25) is 9.67 Å². The molecule has 2 heterocycles. The van der Waals surface area contributed by atoms with Gasteiger partial charge < -0.3 is 15.0 Å². The molecule has 6 nitrogen and oxygen atoms in total. The maximum Gasteiger partial charge on any atom is 0.193 e. The summed E-state index contributed by atoms with van der Waals surface area (Å²) in [5.74, 6) is 0.905. The Morgan fingerprint density at radius 3 is 2.94 bits per heavy atom. The predicted octanol–water partition coefficient (Wildman–Crippen LogP) is 0.617. The van der Waals surface area contributed by atoms with Gasteiger partial charge in [-0.15, -0.1) is 24.0 Å². The Labute approximate surface area is 124 Å². The van der Waals surface area contributed by atoms with Gasteiger partial charge in [-0.2, -0.15) is 5.10 Å². The van der Waals surface area contributed by atoms with Crippen LogP contribution in [-0.2, 0) is 11.8 Å². The highest BCUT2D eigenvalue weighted by molar-refractivity contribution is 14.0. The van der Waals surface area contributed by atoms with Crippen molar-refractivity contribution < 1.29 is 4.74 Å². The zero-order valence-corrected chi connectivity index (χ0v) is 13.3. The van der Waals surface area contributed by atoms with Crippen LogP contribution < -0.4 is 5.32 Å². The predicted molar refractivity (Wildman–Crippen MR) is 81.3 cm³/mol. The summed E-state index contributed by atoms with van der Waals surface area (Å²) in [6, 6.07) is 0. The Morgan fingerprint density at radius 2 is 2.39 bits per heavy atom. The number of ether oxygens (including phenoxy) is 1. The van der Waals surface area contributed by atoms with Gasteiger partial charge >= 0.3 is 0 Å². The molecule has 7 heteroatoms. The van der Waals surface area contributed by atoms with E-state index in [2.05, 4.69) is 20.3 Å². The molecule has 1 N–H and O–H groups in total. The van der Waals surface area contributed by atoms with E-state index in [-0.39, 0.29) is 30.1 Å². The number of halogens is 1. The van der Waals surface area contributed by atoms with E-state index in [1.807, 2.05) is 26.5 Å². The molecule has 1 unspecified atom stereocenters. The Balaban J connectivity index is 0.00000162. The van der Waals surface area contributed by atoms with Gasteiger partial charge in [-0.1, -0.05) is 0 Å². The summed E-state index contributed by atoms with van der Waals surface area (Å²) in [5.41, 5.74) is 1.11. The first-order valence-corrected chi connectivity index (χ1v) is 5.74. The maximum atomic E-state index is 5.77. The van der Waals surface area contributed by atoms with Gasteiger partial charge in [-0.25, -0.2) is 0 Å². The summed E-state index contributed by atoms with van der Waals surface area (Å²) in [5, 5.41) is 7.27. The number of aryl methyl sites for hydroxylation is 1. The zero-order chi connectivity index (χ0) is 12.3. The van der Waals surface area contributed by atoms with E-state index in [9.17, 15) is 0 Å². The van der Waals surface area contributed by atoms with Crippen molar-refractivity contribution in [3.63, 3.8) is 0 Å². The van der Waals surface area contributed by atoms with Crippen LogP contribution in [0.2, 0.25) is 0 Å². The molecule has 1 aliphatic rings. The standard InChI is InChI=1S/C11H19N5O.HI/c1-12-11(13-2)16-4-5-17-10(8-16)9-6-14-15(3)7-9;/h6-7,10H,4-5,8H2,1-3H3,(H,12,13);1H. The van der Waals surface area contributed by atoms with Gasteiger partial charge in [0.25, 0.3) is 0 Å². The van der Waals surface area contributed by atoms with Crippen molar-refractivity contribution in [2.24, 2.45) is 12.0 Å². The van der Waals surface area contributed by atoms with Crippen LogP contribution in [-0.4, -0.2) is 54.4 Å². The Bertz CT molecular complexity index is 406. The van der Waals surface area contributed by atoms with E-state index in [1.165, 1.54) is 0 Å². The van der Waals surface area contributed by atoms with E-state index < -0.39 is 0 Å². The van der Waals surface area contributed by atoms with Crippen LogP contribution in [0.25, 0.3) is 0 Å². The van der Waals surface area contributed by atoms with Crippen molar-refractivity contribution in [3.05, 3.63) is 18.0 Å². The molecule has 0 saturated carbocycles. The molecule has 1 aliphatic heterocycles. The Kier molecular flexibility index (Phi) is 5.86. The van der Waals surface area contributed by atoms with Crippen LogP contribution in [0.1, 0.15) is 11.7 Å². The number of nitrogens with one attached hydrogen (secondary N) is 1. The smallest absolute Gasteiger partial charge is 0.193 e. The number of morpholine rings is 1. The first kappa shape index (κ1) is 15.2. The number of rotatable bonds is 1. The van der Waals surface area contributed by atoms with E-state index in [4.69, 9.17) is 4.74 Å². The molecule has 18 heavy (non-hydrogen) atoms. The second-order valence-corrected chi connectivity index (χ2v) is 4.05. The molecule has 0 spiro atoms. The summed E-state index contributed by atoms with van der Waals surface area (Å²) in [6.45, 7) is 2.38. The molecular formula is C11H20IN5O. The van der Waals surface area contributed by atoms with Crippen molar-refractivity contribution in [1.82, 2.24) is 20.0 Å². The van der Waals surface area contributed by atoms with E-state index >= 15 is 0 Å². The fourth-order valence-corrected chi connectivity index (χ4v) is 2.06. The molecule has 0 bridgehead atoms. The minimum absolute atomic E-state index is 0. The number of hydrogen-bond donors (Lipinski definition) is 1. The number of aliphatic imine (C=N–C) groups is 1. The Hall–Kier alpha value is -0.830. The largest absolute Gasteiger partial charge is 0.370 e. The monoisotopic (exact) mass is 365 g/mol. The molecule has 102 valence electrons. The van der Waals surface area contributed by atoms with Crippen LogP contribution in [0.5, 0.6) is 0 Å². The van der Waals surface area contributed by atoms with Gasteiger partial charge in [-0.05, 0) is 0 Å². The second kappa shape index (κ2) is 6.93. The molecule has 0 aliphatic carbocycles. The highest BCUT2D eigenvalue weighted by Crippen LogP contribution is 2.21.